The van der Waals surface area contributed by atoms with Gasteiger partial charge in [0, 0.05) is 27.4 Å². The molecule has 0 aliphatic rings. The summed E-state index contributed by atoms with van der Waals surface area (Å²) in [4.78, 5) is 13.6. The van der Waals surface area contributed by atoms with Gasteiger partial charge in [0.05, 0.1) is 12.4 Å². The summed E-state index contributed by atoms with van der Waals surface area (Å²) in [6.07, 6.45) is 0. The first-order valence-electron chi connectivity index (χ1n) is 8.67. The highest BCUT2D eigenvalue weighted by atomic mass is 32.2. The van der Waals surface area contributed by atoms with Crippen molar-refractivity contribution in [2.45, 2.75) is 17.1 Å². The number of nitrogens with one attached hydrogen (secondary N) is 1. The number of carbonyl (C=O) groups excluding carboxylic acids is 1. The summed E-state index contributed by atoms with van der Waals surface area (Å²) in [5, 5.41) is 4.87. The Morgan fingerprint density at radius 1 is 1.00 bits per heavy atom. The molecule has 0 aliphatic heterocycles. The number of fused-ring (bicyclic) bond motifs is 3. The first-order valence-corrected chi connectivity index (χ1v) is 9.55. The van der Waals surface area contributed by atoms with Gasteiger partial charge in [-0.25, -0.2) is 0 Å². The Kier molecular flexibility index (Phi) is 4.77. The van der Waals surface area contributed by atoms with Crippen LogP contribution in [-0.2, 0) is 4.79 Å². The van der Waals surface area contributed by atoms with Crippen LogP contribution in [0.15, 0.2) is 76.0 Å². The van der Waals surface area contributed by atoms with Crippen LogP contribution in [0, 0.1) is 0 Å². The number of ether oxygens (including phenoxy) is 1. The first kappa shape index (κ1) is 17.5. The summed E-state index contributed by atoms with van der Waals surface area (Å²) >= 11 is 1.51. The molecule has 0 saturated carbocycles. The number of hydrogen-bond acceptors (Lipinski definition) is 4. The van der Waals surface area contributed by atoms with Crippen LogP contribution in [0.4, 0.5) is 5.69 Å². The minimum absolute atomic E-state index is 0.0497. The third kappa shape index (κ3) is 3.64. The molecule has 4 nitrogen and oxygen atoms in total. The molecule has 136 valence electrons. The van der Waals surface area contributed by atoms with Gasteiger partial charge in [0.2, 0.25) is 5.91 Å². The van der Waals surface area contributed by atoms with Crippen LogP contribution < -0.4 is 10.1 Å². The maximum atomic E-state index is 12.6. The van der Waals surface area contributed by atoms with E-state index < -0.39 is 0 Å². The van der Waals surface area contributed by atoms with Crippen LogP contribution >= 0.6 is 11.8 Å². The van der Waals surface area contributed by atoms with Crippen molar-refractivity contribution in [3.05, 3.63) is 66.7 Å². The molecule has 1 unspecified atom stereocenters. The van der Waals surface area contributed by atoms with E-state index in [9.17, 15) is 4.79 Å². The molecule has 1 N–H and O–H groups in total. The smallest absolute Gasteiger partial charge is 0.237 e. The summed E-state index contributed by atoms with van der Waals surface area (Å²) in [6.45, 7) is 1.89. The van der Waals surface area contributed by atoms with E-state index >= 15 is 0 Å². The number of para-hydroxylation sites is 1. The number of hydrogen-bond donors (Lipinski definition) is 1. The van der Waals surface area contributed by atoms with E-state index in [1.807, 2.05) is 73.7 Å². The van der Waals surface area contributed by atoms with Crippen molar-refractivity contribution in [3.8, 4) is 5.75 Å². The molecule has 4 rings (SSSR count). The molecule has 27 heavy (non-hydrogen) atoms. The van der Waals surface area contributed by atoms with E-state index in [0.29, 0.717) is 0 Å². The highest BCUT2D eigenvalue weighted by Gasteiger charge is 2.15. The van der Waals surface area contributed by atoms with Gasteiger partial charge >= 0.3 is 0 Å². The zero-order valence-electron chi connectivity index (χ0n) is 15.1. The fraction of sp³-hybridized carbons (Fsp3) is 0.136. The molecule has 1 aromatic heterocycles. The number of amides is 1. The van der Waals surface area contributed by atoms with E-state index in [1.165, 1.54) is 11.8 Å². The number of rotatable bonds is 5. The van der Waals surface area contributed by atoms with Gasteiger partial charge in [-0.1, -0.05) is 18.2 Å². The maximum Gasteiger partial charge on any atom is 0.237 e. The van der Waals surface area contributed by atoms with Gasteiger partial charge in [0.15, 0.2) is 0 Å². The lowest BCUT2D eigenvalue weighted by Crippen LogP contribution is -2.22. The molecular formula is C22H19NO3S. The van der Waals surface area contributed by atoms with Crippen LogP contribution in [0.1, 0.15) is 6.92 Å². The molecule has 3 aromatic carbocycles. The van der Waals surface area contributed by atoms with Crippen molar-refractivity contribution in [1.29, 1.82) is 0 Å². The lowest BCUT2D eigenvalue weighted by atomic mass is 10.1. The van der Waals surface area contributed by atoms with Gasteiger partial charge in [-0.05, 0) is 49.4 Å². The summed E-state index contributed by atoms with van der Waals surface area (Å²) in [6, 6.07) is 21.4. The number of methoxy groups -OCH3 is 1. The zero-order chi connectivity index (χ0) is 18.8. The first-order chi connectivity index (χ1) is 13.1. The number of thioether (sulfide) groups is 1. The van der Waals surface area contributed by atoms with Gasteiger partial charge in [0.1, 0.15) is 16.9 Å². The van der Waals surface area contributed by atoms with Gasteiger partial charge in [-0.2, -0.15) is 0 Å². The molecular weight excluding hydrogens is 358 g/mol. The molecule has 0 bridgehead atoms. The van der Waals surface area contributed by atoms with Crippen molar-refractivity contribution in [2.24, 2.45) is 0 Å². The largest absolute Gasteiger partial charge is 0.497 e. The standard InChI is InChI=1S/C22H19NO3S/c1-14(27-17-10-8-16(25-2)9-11-17)22(24)23-15-7-12-19-18-5-3-4-6-20(18)26-21(19)13-15/h3-14H,1-2H3,(H,23,24). The second kappa shape index (κ2) is 7.37. The maximum absolute atomic E-state index is 12.6. The normalized spacial score (nSPS) is 12.2. The number of carbonyl (C=O) groups is 1. The summed E-state index contributed by atoms with van der Waals surface area (Å²) in [5.74, 6) is 0.752. The quantitative estimate of drug-likeness (QED) is 0.452. The Labute approximate surface area is 161 Å². The Morgan fingerprint density at radius 2 is 1.74 bits per heavy atom. The highest BCUT2D eigenvalue weighted by Crippen LogP contribution is 2.31. The number of benzene rings is 3. The van der Waals surface area contributed by atoms with Crippen LogP contribution in [0.3, 0.4) is 0 Å². The van der Waals surface area contributed by atoms with Gasteiger partial charge in [-0.15, -0.1) is 11.8 Å². The predicted octanol–water partition coefficient (Wildman–Crippen LogP) is 5.71. The molecule has 1 atom stereocenters. The molecule has 0 radical (unpaired) electrons. The molecule has 1 heterocycles. The van der Waals surface area contributed by atoms with Crippen molar-refractivity contribution < 1.29 is 13.9 Å². The zero-order valence-corrected chi connectivity index (χ0v) is 15.9. The monoisotopic (exact) mass is 377 g/mol. The fourth-order valence-corrected chi connectivity index (χ4v) is 3.83. The molecule has 0 saturated heterocycles. The van der Waals surface area contributed by atoms with Crippen LogP contribution in [-0.4, -0.2) is 18.3 Å². The highest BCUT2D eigenvalue weighted by molar-refractivity contribution is 8.00. The topological polar surface area (TPSA) is 51.5 Å². The van der Waals surface area contributed by atoms with Crippen molar-refractivity contribution in [1.82, 2.24) is 0 Å². The lowest BCUT2D eigenvalue weighted by Gasteiger charge is -2.12. The van der Waals surface area contributed by atoms with E-state index in [-0.39, 0.29) is 11.2 Å². The Bertz CT molecular complexity index is 1100. The summed E-state index contributed by atoms with van der Waals surface area (Å²) in [7, 11) is 1.64. The number of furan rings is 1. The van der Waals surface area contributed by atoms with Crippen LogP contribution in [0.5, 0.6) is 5.75 Å². The average molecular weight is 377 g/mol. The lowest BCUT2D eigenvalue weighted by molar-refractivity contribution is -0.115. The summed E-state index contributed by atoms with van der Waals surface area (Å²) in [5.41, 5.74) is 2.35. The van der Waals surface area contributed by atoms with E-state index in [0.717, 1.165) is 38.3 Å². The van der Waals surface area contributed by atoms with Crippen LogP contribution in [0.2, 0.25) is 0 Å². The second-order valence-corrected chi connectivity index (χ2v) is 7.65. The fourth-order valence-electron chi connectivity index (χ4n) is 2.96. The third-order valence-electron chi connectivity index (χ3n) is 4.39. The van der Waals surface area contributed by atoms with Gasteiger partial charge < -0.3 is 14.5 Å². The van der Waals surface area contributed by atoms with Gasteiger partial charge in [-0.3, -0.25) is 4.79 Å². The second-order valence-electron chi connectivity index (χ2n) is 6.23. The summed E-state index contributed by atoms with van der Waals surface area (Å²) < 4.78 is 11.0. The minimum atomic E-state index is -0.232. The molecule has 0 aliphatic carbocycles. The SMILES string of the molecule is COc1ccc(SC(C)C(=O)Nc2ccc3c(c2)oc2ccccc23)cc1. The molecule has 0 fully saturated rings. The van der Waals surface area contributed by atoms with E-state index in [1.54, 1.807) is 7.11 Å². The minimum Gasteiger partial charge on any atom is -0.497 e. The average Bonchev–Trinajstić information content (AvgIpc) is 3.06. The third-order valence-corrected chi connectivity index (χ3v) is 5.50. The Hall–Kier alpha value is -2.92. The predicted molar refractivity (Wildman–Crippen MR) is 111 cm³/mol. The van der Waals surface area contributed by atoms with E-state index in [2.05, 4.69) is 5.32 Å². The Morgan fingerprint density at radius 3 is 2.52 bits per heavy atom. The van der Waals surface area contributed by atoms with E-state index in [4.69, 9.17) is 9.15 Å². The van der Waals surface area contributed by atoms with Crippen molar-refractivity contribution in [2.75, 3.05) is 12.4 Å². The van der Waals surface area contributed by atoms with Crippen molar-refractivity contribution >= 4 is 45.3 Å². The Balaban J connectivity index is 1.48. The number of anilines is 1. The molecule has 0 spiro atoms. The van der Waals surface area contributed by atoms with Gasteiger partial charge in [0.25, 0.3) is 0 Å². The molecule has 1 amide bonds. The molecule has 5 heteroatoms. The molecule has 4 aromatic rings. The van der Waals surface area contributed by atoms with Crippen LogP contribution in [0.25, 0.3) is 21.9 Å². The van der Waals surface area contributed by atoms with Crippen molar-refractivity contribution in [3.63, 3.8) is 0 Å².